The van der Waals surface area contributed by atoms with E-state index >= 15 is 0 Å². The van der Waals surface area contributed by atoms with Crippen LogP contribution in [0.25, 0.3) is 0 Å². The van der Waals surface area contributed by atoms with E-state index < -0.39 is 0 Å². The summed E-state index contributed by atoms with van der Waals surface area (Å²) in [6.07, 6.45) is 0. The third kappa shape index (κ3) is 3.25. The summed E-state index contributed by atoms with van der Waals surface area (Å²) >= 11 is 8.00. The second-order valence-electron chi connectivity index (χ2n) is 6.18. The molecule has 0 aliphatic carbocycles. The maximum Gasteiger partial charge on any atom is 0.0668 e. The van der Waals surface area contributed by atoms with Gasteiger partial charge in [-0.2, -0.15) is 0 Å². The van der Waals surface area contributed by atoms with Gasteiger partial charge in [-0.05, 0) is 48.7 Å². The van der Waals surface area contributed by atoms with E-state index in [1.807, 2.05) is 31.4 Å². The standard InChI is InChI=1S/C17H22ClNS/c1-11-10-12(6-7-13(11)18)16(19-5)14-8-9-15(20-14)17(2,3)4/h6-10,16,19H,1-5H3. The molecule has 1 aromatic carbocycles. The first-order chi connectivity index (χ1) is 9.32. The van der Waals surface area contributed by atoms with Crippen molar-refractivity contribution in [2.45, 2.75) is 39.2 Å². The summed E-state index contributed by atoms with van der Waals surface area (Å²) < 4.78 is 0. The molecule has 3 heteroatoms. The molecule has 108 valence electrons. The molecule has 0 spiro atoms. The lowest BCUT2D eigenvalue weighted by atomic mass is 9.95. The first-order valence-corrected chi connectivity index (χ1v) is 8.06. The molecule has 1 aromatic heterocycles. The highest BCUT2D eigenvalue weighted by Crippen LogP contribution is 2.35. The highest BCUT2D eigenvalue weighted by Gasteiger charge is 2.20. The number of nitrogens with one attached hydrogen (secondary N) is 1. The predicted octanol–water partition coefficient (Wildman–Crippen LogP) is 5.32. The van der Waals surface area contributed by atoms with Crippen molar-refractivity contribution in [2.24, 2.45) is 0 Å². The Hall–Kier alpha value is -0.830. The van der Waals surface area contributed by atoms with Crippen LogP contribution in [-0.2, 0) is 5.41 Å². The molecule has 1 atom stereocenters. The molecule has 0 aliphatic rings. The lowest BCUT2D eigenvalue weighted by Gasteiger charge is -2.18. The summed E-state index contributed by atoms with van der Waals surface area (Å²) in [5.41, 5.74) is 2.59. The van der Waals surface area contributed by atoms with Crippen molar-refractivity contribution in [3.63, 3.8) is 0 Å². The Morgan fingerprint density at radius 2 is 1.85 bits per heavy atom. The second kappa shape index (κ2) is 5.88. The number of halogens is 1. The summed E-state index contributed by atoms with van der Waals surface area (Å²) in [4.78, 5) is 2.76. The molecule has 1 unspecified atom stereocenters. The van der Waals surface area contributed by atoms with Gasteiger partial charge in [0.05, 0.1) is 6.04 Å². The predicted molar refractivity (Wildman–Crippen MR) is 90.1 cm³/mol. The Balaban J connectivity index is 2.37. The van der Waals surface area contributed by atoms with Crippen molar-refractivity contribution in [3.05, 3.63) is 56.2 Å². The van der Waals surface area contributed by atoms with Crippen LogP contribution in [-0.4, -0.2) is 7.05 Å². The van der Waals surface area contributed by atoms with Crippen LogP contribution in [0.2, 0.25) is 5.02 Å². The first kappa shape index (κ1) is 15.6. The van der Waals surface area contributed by atoms with Crippen LogP contribution in [0.5, 0.6) is 0 Å². The molecule has 2 rings (SSSR count). The Labute approximate surface area is 131 Å². The average Bonchev–Trinajstić information content (AvgIpc) is 2.84. The Morgan fingerprint density at radius 1 is 1.15 bits per heavy atom. The molecule has 1 nitrogen and oxygen atoms in total. The fourth-order valence-corrected chi connectivity index (χ4v) is 3.55. The number of hydrogen-bond donors (Lipinski definition) is 1. The molecule has 0 bridgehead atoms. The Bertz CT molecular complexity index is 595. The van der Waals surface area contributed by atoms with Gasteiger partial charge in [-0.3, -0.25) is 0 Å². The molecule has 1 heterocycles. The van der Waals surface area contributed by atoms with Gasteiger partial charge in [0.15, 0.2) is 0 Å². The highest BCUT2D eigenvalue weighted by atomic mass is 35.5. The zero-order chi connectivity index (χ0) is 14.9. The quantitative estimate of drug-likeness (QED) is 0.809. The van der Waals surface area contributed by atoms with Gasteiger partial charge in [-0.15, -0.1) is 11.3 Å². The van der Waals surface area contributed by atoms with E-state index in [0.717, 1.165) is 10.6 Å². The summed E-state index contributed by atoms with van der Waals surface area (Å²) in [5, 5.41) is 4.24. The fraction of sp³-hybridized carbons (Fsp3) is 0.412. The van der Waals surface area contributed by atoms with Crippen molar-refractivity contribution in [2.75, 3.05) is 7.05 Å². The summed E-state index contributed by atoms with van der Waals surface area (Å²) in [6, 6.07) is 11.0. The molecule has 2 aromatic rings. The zero-order valence-corrected chi connectivity index (χ0v) is 14.3. The number of hydrogen-bond acceptors (Lipinski definition) is 2. The van der Waals surface area contributed by atoms with Crippen molar-refractivity contribution in [1.29, 1.82) is 0 Å². The minimum absolute atomic E-state index is 0.205. The van der Waals surface area contributed by atoms with E-state index in [2.05, 4.69) is 50.4 Å². The van der Waals surface area contributed by atoms with E-state index in [-0.39, 0.29) is 11.5 Å². The number of rotatable bonds is 3. The third-order valence-corrected chi connectivity index (χ3v) is 5.45. The largest absolute Gasteiger partial charge is 0.309 e. The molecular formula is C17H22ClNS. The van der Waals surface area contributed by atoms with Crippen molar-refractivity contribution >= 4 is 22.9 Å². The molecule has 0 fully saturated rings. The highest BCUT2D eigenvalue weighted by molar-refractivity contribution is 7.12. The van der Waals surface area contributed by atoms with Crippen LogP contribution in [0.4, 0.5) is 0 Å². The number of benzene rings is 1. The van der Waals surface area contributed by atoms with Gasteiger partial charge in [0.25, 0.3) is 0 Å². The van der Waals surface area contributed by atoms with E-state index in [9.17, 15) is 0 Å². The van der Waals surface area contributed by atoms with Crippen LogP contribution in [0, 0.1) is 6.92 Å². The summed E-state index contributed by atoms with van der Waals surface area (Å²) in [6.45, 7) is 8.81. The molecular weight excluding hydrogens is 286 g/mol. The zero-order valence-electron chi connectivity index (χ0n) is 12.8. The van der Waals surface area contributed by atoms with Gasteiger partial charge in [-0.25, -0.2) is 0 Å². The number of aryl methyl sites for hydroxylation is 1. The van der Waals surface area contributed by atoms with Gasteiger partial charge in [0.1, 0.15) is 0 Å². The maximum absolute atomic E-state index is 6.12. The topological polar surface area (TPSA) is 12.0 Å². The monoisotopic (exact) mass is 307 g/mol. The van der Waals surface area contributed by atoms with Crippen molar-refractivity contribution < 1.29 is 0 Å². The van der Waals surface area contributed by atoms with Gasteiger partial charge in [-0.1, -0.05) is 44.5 Å². The summed E-state index contributed by atoms with van der Waals surface area (Å²) in [5.74, 6) is 0. The first-order valence-electron chi connectivity index (χ1n) is 6.86. The average molecular weight is 308 g/mol. The van der Waals surface area contributed by atoms with E-state index in [4.69, 9.17) is 11.6 Å². The molecule has 0 saturated heterocycles. The second-order valence-corrected chi connectivity index (χ2v) is 7.70. The van der Waals surface area contributed by atoms with Crippen LogP contribution in [0.15, 0.2) is 30.3 Å². The third-order valence-electron chi connectivity index (χ3n) is 3.45. The smallest absolute Gasteiger partial charge is 0.0668 e. The SMILES string of the molecule is CNC(c1ccc(Cl)c(C)c1)c1ccc(C(C)(C)C)s1. The van der Waals surface area contributed by atoms with Gasteiger partial charge in [0.2, 0.25) is 0 Å². The van der Waals surface area contributed by atoms with E-state index in [1.54, 1.807) is 0 Å². The molecule has 1 N–H and O–H groups in total. The van der Waals surface area contributed by atoms with Crippen LogP contribution in [0.1, 0.15) is 47.7 Å². The van der Waals surface area contributed by atoms with Crippen molar-refractivity contribution in [1.82, 2.24) is 5.32 Å². The maximum atomic E-state index is 6.12. The molecule has 0 radical (unpaired) electrons. The minimum atomic E-state index is 0.205. The minimum Gasteiger partial charge on any atom is -0.309 e. The van der Waals surface area contributed by atoms with E-state index in [1.165, 1.54) is 15.3 Å². The summed E-state index contributed by atoms with van der Waals surface area (Å²) in [7, 11) is 2.01. The van der Waals surface area contributed by atoms with Crippen molar-refractivity contribution in [3.8, 4) is 0 Å². The van der Waals surface area contributed by atoms with Gasteiger partial charge < -0.3 is 5.32 Å². The van der Waals surface area contributed by atoms with Crippen LogP contribution in [0.3, 0.4) is 0 Å². The normalized spacial score (nSPS) is 13.5. The number of thiophene rings is 1. The molecule has 0 amide bonds. The molecule has 0 aliphatic heterocycles. The van der Waals surface area contributed by atoms with Crippen LogP contribution < -0.4 is 5.32 Å². The lowest BCUT2D eigenvalue weighted by molar-refractivity contribution is 0.604. The Morgan fingerprint density at radius 3 is 2.35 bits per heavy atom. The fourth-order valence-electron chi connectivity index (χ4n) is 2.23. The van der Waals surface area contributed by atoms with E-state index in [0.29, 0.717) is 0 Å². The van der Waals surface area contributed by atoms with Crippen LogP contribution >= 0.6 is 22.9 Å². The Kier molecular flexibility index (Phi) is 4.58. The molecule has 0 saturated carbocycles. The molecule has 20 heavy (non-hydrogen) atoms. The van der Waals surface area contributed by atoms with Gasteiger partial charge in [0, 0.05) is 14.8 Å². The lowest BCUT2D eigenvalue weighted by Crippen LogP contribution is -2.16. The van der Waals surface area contributed by atoms with Gasteiger partial charge >= 0.3 is 0 Å².